The minimum atomic E-state index is -0.0471. The maximum Gasteiger partial charge on any atom is 0.238 e. The number of rotatable bonds is 3. The van der Waals surface area contributed by atoms with E-state index < -0.39 is 0 Å². The monoisotopic (exact) mass is 251 g/mol. The number of nitrogens with one attached hydrogen (secondary N) is 1. The number of benzene rings is 1. The van der Waals surface area contributed by atoms with Crippen LogP contribution in [0.1, 0.15) is 24.2 Å². The third kappa shape index (κ3) is 2.78. The molecule has 4 nitrogen and oxygen atoms in total. The summed E-state index contributed by atoms with van der Waals surface area (Å²) in [5.74, 6) is 1.07. The molecule has 1 aromatic carbocycles. The second kappa shape index (κ2) is 4.77. The Labute approximate surface area is 105 Å². The first-order chi connectivity index (χ1) is 8.06. The van der Waals surface area contributed by atoms with Crippen LogP contribution >= 0.6 is 11.6 Å². The number of aromatic nitrogens is 2. The number of nitrogens with two attached hydrogens (primary N) is 1. The average Bonchev–Trinajstić information content (AvgIpc) is 2.67. The third-order valence-corrected chi connectivity index (χ3v) is 2.67. The molecule has 0 aliphatic carbocycles. The summed E-state index contributed by atoms with van der Waals surface area (Å²) in [6.45, 7) is 3.81. The van der Waals surface area contributed by atoms with Gasteiger partial charge in [-0.3, -0.25) is 5.10 Å². The Balaban J connectivity index is 2.22. The van der Waals surface area contributed by atoms with Gasteiger partial charge in [0, 0.05) is 17.8 Å². The van der Waals surface area contributed by atoms with Crippen LogP contribution in [0.25, 0.3) is 0 Å². The number of halogens is 1. The van der Waals surface area contributed by atoms with Gasteiger partial charge >= 0.3 is 0 Å². The number of H-pyrrole nitrogens is 1. The number of aromatic amines is 1. The lowest BCUT2D eigenvalue weighted by Gasteiger charge is -2.09. The average molecular weight is 252 g/mol. The molecule has 0 spiro atoms. The Bertz CT molecular complexity index is 522. The lowest BCUT2D eigenvalue weighted by molar-refractivity contribution is 0.461. The van der Waals surface area contributed by atoms with Gasteiger partial charge < -0.3 is 10.5 Å². The van der Waals surface area contributed by atoms with E-state index in [4.69, 9.17) is 22.1 Å². The molecule has 5 heteroatoms. The predicted octanol–water partition coefficient (Wildman–Crippen LogP) is 3.18. The van der Waals surface area contributed by atoms with Gasteiger partial charge in [0.25, 0.3) is 0 Å². The molecule has 90 valence electrons. The Hall–Kier alpha value is -1.52. The molecule has 0 saturated heterocycles. The highest BCUT2D eigenvalue weighted by Gasteiger charge is 2.08. The van der Waals surface area contributed by atoms with Crippen LogP contribution in [-0.4, -0.2) is 10.2 Å². The number of hydrogen-bond acceptors (Lipinski definition) is 3. The van der Waals surface area contributed by atoms with Crippen molar-refractivity contribution in [3.63, 3.8) is 0 Å². The number of nitrogens with zero attached hydrogens (tertiary/aromatic N) is 1. The number of hydrogen-bond donors (Lipinski definition) is 2. The molecule has 0 aliphatic heterocycles. The lowest BCUT2D eigenvalue weighted by atomic mass is 10.1. The maximum absolute atomic E-state index is 6.11. The molecule has 0 radical (unpaired) electrons. The fraction of sp³-hybridized carbons (Fsp3) is 0.250. The summed E-state index contributed by atoms with van der Waals surface area (Å²) >= 11 is 6.11. The Kier molecular flexibility index (Phi) is 3.36. The molecule has 0 unspecified atom stereocenters. The zero-order valence-corrected chi connectivity index (χ0v) is 10.5. The van der Waals surface area contributed by atoms with E-state index in [1.807, 2.05) is 19.9 Å². The van der Waals surface area contributed by atoms with Crippen molar-refractivity contribution < 1.29 is 4.74 Å². The molecule has 2 rings (SSSR count). The Morgan fingerprint density at radius 1 is 1.41 bits per heavy atom. The molecule has 0 bridgehead atoms. The summed E-state index contributed by atoms with van der Waals surface area (Å²) in [7, 11) is 0. The zero-order chi connectivity index (χ0) is 12.4. The van der Waals surface area contributed by atoms with Gasteiger partial charge in [0.2, 0.25) is 5.88 Å². The van der Waals surface area contributed by atoms with Gasteiger partial charge in [-0.05, 0) is 31.5 Å². The zero-order valence-electron chi connectivity index (χ0n) is 9.70. The van der Waals surface area contributed by atoms with Crippen LogP contribution in [0, 0.1) is 6.92 Å². The van der Waals surface area contributed by atoms with E-state index in [2.05, 4.69) is 10.2 Å². The van der Waals surface area contributed by atoms with Crippen molar-refractivity contribution in [1.82, 2.24) is 10.2 Å². The summed E-state index contributed by atoms with van der Waals surface area (Å²) in [6.07, 6.45) is 0. The largest absolute Gasteiger partial charge is 0.436 e. The van der Waals surface area contributed by atoms with Gasteiger partial charge in [0.05, 0.1) is 5.02 Å². The van der Waals surface area contributed by atoms with E-state index >= 15 is 0 Å². The molecule has 0 saturated carbocycles. The van der Waals surface area contributed by atoms with E-state index in [0.29, 0.717) is 16.7 Å². The van der Waals surface area contributed by atoms with Crippen LogP contribution in [0.15, 0.2) is 24.3 Å². The van der Waals surface area contributed by atoms with Gasteiger partial charge in [-0.25, -0.2) is 0 Å². The molecule has 1 aromatic heterocycles. The molecule has 0 fully saturated rings. The summed E-state index contributed by atoms with van der Waals surface area (Å²) in [6, 6.07) is 7.25. The van der Waals surface area contributed by atoms with Gasteiger partial charge in [-0.2, -0.15) is 0 Å². The molecule has 1 atom stereocenters. The second-order valence-corrected chi connectivity index (χ2v) is 4.38. The van der Waals surface area contributed by atoms with Gasteiger partial charge in [0.1, 0.15) is 5.75 Å². The summed E-state index contributed by atoms with van der Waals surface area (Å²) in [5, 5.41) is 7.31. The Morgan fingerprint density at radius 3 is 2.71 bits per heavy atom. The van der Waals surface area contributed by atoms with Crippen molar-refractivity contribution in [1.29, 1.82) is 0 Å². The second-order valence-electron chi connectivity index (χ2n) is 3.97. The maximum atomic E-state index is 6.11. The van der Waals surface area contributed by atoms with E-state index in [0.717, 1.165) is 11.3 Å². The highest BCUT2D eigenvalue weighted by atomic mass is 35.5. The van der Waals surface area contributed by atoms with Crippen LogP contribution < -0.4 is 10.5 Å². The lowest BCUT2D eigenvalue weighted by Crippen LogP contribution is -2.04. The van der Waals surface area contributed by atoms with E-state index in [-0.39, 0.29) is 6.04 Å². The van der Waals surface area contributed by atoms with Crippen LogP contribution in [-0.2, 0) is 0 Å². The highest BCUT2D eigenvalue weighted by molar-refractivity contribution is 6.32. The van der Waals surface area contributed by atoms with Crippen LogP contribution in [0.4, 0.5) is 0 Å². The molecule has 17 heavy (non-hydrogen) atoms. The molecule has 0 aliphatic rings. The molecular weight excluding hydrogens is 238 g/mol. The minimum Gasteiger partial charge on any atom is -0.436 e. The third-order valence-electron chi connectivity index (χ3n) is 2.38. The normalized spacial score (nSPS) is 12.5. The van der Waals surface area contributed by atoms with Crippen molar-refractivity contribution in [2.24, 2.45) is 5.73 Å². The highest BCUT2D eigenvalue weighted by Crippen LogP contribution is 2.30. The van der Waals surface area contributed by atoms with E-state index in [1.54, 1.807) is 18.2 Å². The Morgan fingerprint density at radius 2 is 2.18 bits per heavy atom. The summed E-state index contributed by atoms with van der Waals surface area (Å²) in [4.78, 5) is 0. The quantitative estimate of drug-likeness (QED) is 0.881. The smallest absolute Gasteiger partial charge is 0.238 e. The fourth-order valence-electron chi connectivity index (χ4n) is 1.44. The predicted molar refractivity (Wildman–Crippen MR) is 67.5 cm³/mol. The summed E-state index contributed by atoms with van der Waals surface area (Å²) in [5.41, 5.74) is 7.68. The van der Waals surface area contributed by atoms with Crippen LogP contribution in [0.3, 0.4) is 0 Å². The first kappa shape index (κ1) is 12.0. The molecule has 0 amide bonds. The van der Waals surface area contributed by atoms with Gasteiger partial charge in [-0.1, -0.05) is 17.7 Å². The van der Waals surface area contributed by atoms with Crippen molar-refractivity contribution in [3.8, 4) is 11.6 Å². The van der Waals surface area contributed by atoms with Crippen molar-refractivity contribution in [2.75, 3.05) is 0 Å². The topological polar surface area (TPSA) is 63.9 Å². The SMILES string of the molecule is Cc1cc(Oc2ccc([C@H](C)N)cc2Cl)n[nH]1. The standard InChI is InChI=1S/C12H14ClN3O/c1-7-5-12(16-15-7)17-11-4-3-9(8(2)14)6-10(11)13/h3-6,8H,14H2,1-2H3,(H,15,16)/t8-/m0/s1. The number of aryl methyl sites for hydroxylation is 1. The van der Waals surface area contributed by atoms with Gasteiger partial charge in [-0.15, -0.1) is 5.10 Å². The van der Waals surface area contributed by atoms with Gasteiger partial charge in [0.15, 0.2) is 0 Å². The molecular formula is C12H14ClN3O. The fourth-order valence-corrected chi connectivity index (χ4v) is 1.67. The minimum absolute atomic E-state index is 0.0471. The van der Waals surface area contributed by atoms with Crippen molar-refractivity contribution in [3.05, 3.63) is 40.5 Å². The van der Waals surface area contributed by atoms with Crippen molar-refractivity contribution in [2.45, 2.75) is 19.9 Å². The first-order valence-electron chi connectivity index (χ1n) is 5.31. The first-order valence-corrected chi connectivity index (χ1v) is 5.69. The molecule has 1 heterocycles. The molecule has 2 aromatic rings. The van der Waals surface area contributed by atoms with Crippen LogP contribution in [0.2, 0.25) is 5.02 Å². The van der Waals surface area contributed by atoms with E-state index in [1.165, 1.54) is 0 Å². The van der Waals surface area contributed by atoms with E-state index in [9.17, 15) is 0 Å². The number of ether oxygens (including phenoxy) is 1. The molecule has 3 N–H and O–H groups in total. The van der Waals surface area contributed by atoms with Crippen molar-refractivity contribution >= 4 is 11.6 Å². The summed E-state index contributed by atoms with van der Waals surface area (Å²) < 4.78 is 5.55. The van der Waals surface area contributed by atoms with Crippen LogP contribution in [0.5, 0.6) is 11.6 Å².